The van der Waals surface area contributed by atoms with E-state index in [-0.39, 0.29) is 5.75 Å². The van der Waals surface area contributed by atoms with Gasteiger partial charge in [0.25, 0.3) is 0 Å². The summed E-state index contributed by atoms with van der Waals surface area (Å²) in [5.74, 6) is -0.195. The normalized spacial score (nSPS) is 11.7. The van der Waals surface area contributed by atoms with E-state index in [0.29, 0.717) is 11.3 Å². The third-order valence-corrected chi connectivity index (χ3v) is 3.72. The highest BCUT2D eigenvalue weighted by Crippen LogP contribution is 2.21. The largest absolute Gasteiger partial charge is 0.238 e. The van der Waals surface area contributed by atoms with Crippen molar-refractivity contribution in [2.75, 3.05) is 0 Å². The van der Waals surface area contributed by atoms with Crippen molar-refractivity contribution >= 4 is 19.7 Å². The Morgan fingerprint density at radius 2 is 1.83 bits per heavy atom. The highest BCUT2D eigenvalue weighted by atomic mass is 35.7. The Hall–Kier alpha value is -1.33. The highest BCUT2D eigenvalue weighted by molar-refractivity contribution is 8.13. The van der Waals surface area contributed by atoms with Gasteiger partial charge in [0.2, 0.25) is 9.05 Å². The first-order chi connectivity index (χ1) is 8.38. The van der Waals surface area contributed by atoms with Crippen LogP contribution < -0.4 is 0 Å². The standard InChI is InChI=1S/C12H13ClN2O2S/c1-9-12(8-18(13,16)17)10(2)15(14-9)11-6-4-3-5-7-11/h3-7H,8H2,1-2H3. The number of para-hydroxylation sites is 1. The number of nitrogens with zero attached hydrogens (tertiary/aromatic N) is 2. The van der Waals surface area contributed by atoms with Gasteiger partial charge in [-0.25, -0.2) is 13.1 Å². The van der Waals surface area contributed by atoms with Gasteiger partial charge in [-0.2, -0.15) is 5.10 Å². The number of benzene rings is 1. The summed E-state index contributed by atoms with van der Waals surface area (Å²) in [6.07, 6.45) is 0. The van der Waals surface area contributed by atoms with Crippen LogP contribution in [0.1, 0.15) is 17.0 Å². The van der Waals surface area contributed by atoms with Gasteiger partial charge in [-0.15, -0.1) is 0 Å². The molecule has 0 atom stereocenters. The zero-order valence-electron chi connectivity index (χ0n) is 10.1. The smallest absolute Gasteiger partial charge is 0.236 e. The second-order valence-corrected chi connectivity index (χ2v) is 6.86. The van der Waals surface area contributed by atoms with Crippen LogP contribution >= 0.6 is 10.7 Å². The van der Waals surface area contributed by atoms with Gasteiger partial charge in [0, 0.05) is 21.9 Å². The Morgan fingerprint density at radius 3 is 2.39 bits per heavy atom. The lowest BCUT2D eigenvalue weighted by Gasteiger charge is -2.04. The summed E-state index contributed by atoms with van der Waals surface area (Å²) >= 11 is 0. The molecule has 6 heteroatoms. The number of aryl methyl sites for hydroxylation is 1. The van der Waals surface area contributed by atoms with E-state index in [1.165, 1.54) is 0 Å². The molecule has 1 aromatic carbocycles. The van der Waals surface area contributed by atoms with E-state index in [4.69, 9.17) is 10.7 Å². The highest BCUT2D eigenvalue weighted by Gasteiger charge is 2.17. The van der Waals surface area contributed by atoms with Crippen molar-refractivity contribution in [3.05, 3.63) is 47.3 Å². The molecular weight excluding hydrogens is 272 g/mol. The fourth-order valence-electron chi connectivity index (χ4n) is 1.88. The van der Waals surface area contributed by atoms with Crippen molar-refractivity contribution in [1.29, 1.82) is 0 Å². The minimum Gasteiger partial charge on any atom is -0.238 e. The number of rotatable bonds is 3. The van der Waals surface area contributed by atoms with E-state index in [2.05, 4.69) is 5.10 Å². The van der Waals surface area contributed by atoms with E-state index in [9.17, 15) is 8.42 Å². The first-order valence-electron chi connectivity index (χ1n) is 5.41. The van der Waals surface area contributed by atoms with Crippen molar-refractivity contribution in [2.24, 2.45) is 0 Å². The van der Waals surface area contributed by atoms with Gasteiger partial charge in [-0.3, -0.25) is 0 Å². The zero-order chi connectivity index (χ0) is 13.3. The number of aromatic nitrogens is 2. The molecular formula is C12H13ClN2O2S. The van der Waals surface area contributed by atoms with E-state index >= 15 is 0 Å². The molecule has 1 heterocycles. The van der Waals surface area contributed by atoms with Crippen LogP contribution in [0.5, 0.6) is 0 Å². The minimum atomic E-state index is -3.57. The minimum absolute atomic E-state index is 0.195. The molecule has 0 amide bonds. The molecule has 0 saturated heterocycles. The molecule has 0 unspecified atom stereocenters. The lowest BCUT2D eigenvalue weighted by Crippen LogP contribution is -2.01. The first-order valence-corrected chi connectivity index (χ1v) is 7.89. The van der Waals surface area contributed by atoms with E-state index in [0.717, 1.165) is 11.4 Å². The van der Waals surface area contributed by atoms with Gasteiger partial charge >= 0.3 is 0 Å². The molecule has 0 bridgehead atoms. The second kappa shape index (κ2) is 4.74. The van der Waals surface area contributed by atoms with Gasteiger partial charge in [0.1, 0.15) is 0 Å². The molecule has 0 N–H and O–H groups in total. The van der Waals surface area contributed by atoms with Gasteiger partial charge in [0.05, 0.1) is 17.1 Å². The fourth-order valence-corrected chi connectivity index (χ4v) is 2.97. The molecule has 0 aliphatic carbocycles. The Bertz CT molecular complexity index is 663. The Labute approximate surface area is 111 Å². The topological polar surface area (TPSA) is 52.0 Å². The van der Waals surface area contributed by atoms with Crippen LogP contribution in [0.2, 0.25) is 0 Å². The quantitative estimate of drug-likeness (QED) is 0.814. The van der Waals surface area contributed by atoms with Crippen LogP contribution in [0.3, 0.4) is 0 Å². The summed E-state index contributed by atoms with van der Waals surface area (Å²) in [5, 5.41) is 4.36. The van der Waals surface area contributed by atoms with E-state index < -0.39 is 9.05 Å². The van der Waals surface area contributed by atoms with Crippen molar-refractivity contribution < 1.29 is 8.42 Å². The van der Waals surface area contributed by atoms with Crippen molar-refractivity contribution in [1.82, 2.24) is 9.78 Å². The maximum absolute atomic E-state index is 11.2. The summed E-state index contributed by atoms with van der Waals surface area (Å²) in [6, 6.07) is 9.56. The van der Waals surface area contributed by atoms with Crippen LogP contribution in [0.15, 0.2) is 30.3 Å². The van der Waals surface area contributed by atoms with Gasteiger partial charge in [0.15, 0.2) is 0 Å². The molecule has 18 heavy (non-hydrogen) atoms. The maximum atomic E-state index is 11.2. The van der Waals surface area contributed by atoms with Crippen LogP contribution in [0.4, 0.5) is 0 Å². The Balaban J connectivity index is 2.51. The summed E-state index contributed by atoms with van der Waals surface area (Å²) in [4.78, 5) is 0. The Kier molecular flexibility index (Phi) is 3.45. The van der Waals surface area contributed by atoms with E-state index in [1.54, 1.807) is 11.6 Å². The molecule has 0 fully saturated rings. The van der Waals surface area contributed by atoms with Crippen LogP contribution in [0.25, 0.3) is 5.69 Å². The fraction of sp³-hybridized carbons (Fsp3) is 0.250. The lowest BCUT2D eigenvalue weighted by molar-refractivity contribution is 0.608. The maximum Gasteiger partial charge on any atom is 0.236 e. The molecule has 1 aromatic heterocycles. The first kappa shape index (κ1) is 13.1. The van der Waals surface area contributed by atoms with Crippen LogP contribution in [-0.2, 0) is 14.8 Å². The third kappa shape index (κ3) is 2.73. The second-order valence-electron chi connectivity index (χ2n) is 4.08. The van der Waals surface area contributed by atoms with Crippen molar-refractivity contribution in [2.45, 2.75) is 19.6 Å². The summed E-state index contributed by atoms with van der Waals surface area (Å²) < 4.78 is 24.1. The predicted molar refractivity (Wildman–Crippen MR) is 71.5 cm³/mol. The summed E-state index contributed by atoms with van der Waals surface area (Å²) in [7, 11) is 1.73. The summed E-state index contributed by atoms with van der Waals surface area (Å²) in [6.45, 7) is 3.62. The molecule has 0 aliphatic rings. The Morgan fingerprint density at radius 1 is 1.22 bits per heavy atom. The number of hydrogen-bond acceptors (Lipinski definition) is 3. The predicted octanol–water partition coefficient (Wildman–Crippen LogP) is 2.56. The number of hydrogen-bond donors (Lipinski definition) is 0. The molecule has 2 aromatic rings. The lowest BCUT2D eigenvalue weighted by atomic mass is 10.2. The molecule has 0 spiro atoms. The third-order valence-electron chi connectivity index (χ3n) is 2.76. The van der Waals surface area contributed by atoms with Gasteiger partial charge in [-0.05, 0) is 26.0 Å². The van der Waals surface area contributed by atoms with Gasteiger partial charge < -0.3 is 0 Å². The molecule has 2 rings (SSSR count). The van der Waals surface area contributed by atoms with Crippen molar-refractivity contribution in [3.63, 3.8) is 0 Å². The molecule has 0 saturated carbocycles. The molecule has 96 valence electrons. The van der Waals surface area contributed by atoms with Crippen LogP contribution in [-0.4, -0.2) is 18.2 Å². The molecule has 4 nitrogen and oxygen atoms in total. The number of halogens is 1. The van der Waals surface area contributed by atoms with Crippen molar-refractivity contribution in [3.8, 4) is 5.69 Å². The average Bonchev–Trinajstić information content (AvgIpc) is 2.56. The van der Waals surface area contributed by atoms with Crippen LogP contribution in [0, 0.1) is 13.8 Å². The summed E-state index contributed by atoms with van der Waals surface area (Å²) in [5.41, 5.74) is 3.04. The zero-order valence-corrected chi connectivity index (χ0v) is 11.7. The monoisotopic (exact) mass is 284 g/mol. The average molecular weight is 285 g/mol. The molecule has 0 radical (unpaired) electrons. The molecule has 0 aliphatic heterocycles. The van der Waals surface area contributed by atoms with Gasteiger partial charge in [-0.1, -0.05) is 18.2 Å². The van der Waals surface area contributed by atoms with E-state index in [1.807, 2.05) is 37.3 Å². The SMILES string of the molecule is Cc1nn(-c2ccccc2)c(C)c1CS(=O)(=O)Cl.